The van der Waals surface area contributed by atoms with E-state index in [2.05, 4.69) is 26.8 Å². The van der Waals surface area contributed by atoms with Crippen molar-refractivity contribution in [3.63, 3.8) is 0 Å². The van der Waals surface area contributed by atoms with Crippen LogP contribution in [-0.4, -0.2) is 25.4 Å². The molecular formula is C19H16ClN5O. The van der Waals surface area contributed by atoms with Crippen LogP contribution in [0.25, 0.3) is 5.69 Å². The summed E-state index contributed by atoms with van der Waals surface area (Å²) in [5.41, 5.74) is 9.77. The van der Waals surface area contributed by atoms with Crippen LogP contribution in [0.3, 0.4) is 0 Å². The molecule has 26 heavy (non-hydrogen) atoms. The Labute approximate surface area is 156 Å². The van der Waals surface area contributed by atoms with E-state index < -0.39 is 5.91 Å². The van der Waals surface area contributed by atoms with Crippen molar-refractivity contribution in [2.24, 2.45) is 5.73 Å². The van der Waals surface area contributed by atoms with Gasteiger partial charge in [0.25, 0.3) is 5.91 Å². The number of carbonyl (C=O) groups excluding carboxylic acids is 1. The molecule has 3 heterocycles. The second kappa shape index (κ2) is 6.98. The van der Waals surface area contributed by atoms with Gasteiger partial charge in [0.05, 0.1) is 17.6 Å². The zero-order chi connectivity index (χ0) is 18.8. The molecule has 0 aliphatic rings. The lowest BCUT2D eigenvalue weighted by atomic mass is 10.1. The van der Waals surface area contributed by atoms with Crippen molar-refractivity contribution in [2.45, 2.75) is 20.8 Å². The maximum Gasteiger partial charge on any atom is 0.285 e. The lowest BCUT2D eigenvalue weighted by molar-refractivity contribution is 0.0988. The average Bonchev–Trinajstić information content (AvgIpc) is 2.94. The van der Waals surface area contributed by atoms with Crippen LogP contribution in [0.2, 0.25) is 5.15 Å². The number of carbonyl (C=O) groups is 1. The van der Waals surface area contributed by atoms with Gasteiger partial charge in [0.15, 0.2) is 0 Å². The van der Waals surface area contributed by atoms with E-state index in [4.69, 9.17) is 17.3 Å². The fourth-order valence-electron chi connectivity index (χ4n) is 2.47. The van der Waals surface area contributed by atoms with Crippen molar-refractivity contribution < 1.29 is 4.79 Å². The molecule has 0 saturated heterocycles. The van der Waals surface area contributed by atoms with E-state index in [1.807, 2.05) is 32.9 Å². The van der Waals surface area contributed by atoms with Crippen LogP contribution in [0.5, 0.6) is 0 Å². The summed E-state index contributed by atoms with van der Waals surface area (Å²) < 4.78 is 1.66. The number of nitrogens with two attached hydrogens (primary N) is 1. The number of pyridine rings is 2. The van der Waals surface area contributed by atoms with Crippen molar-refractivity contribution in [1.82, 2.24) is 19.5 Å². The Morgan fingerprint density at radius 3 is 2.58 bits per heavy atom. The smallest absolute Gasteiger partial charge is 0.285 e. The van der Waals surface area contributed by atoms with E-state index in [1.54, 1.807) is 23.0 Å². The maximum absolute atomic E-state index is 11.8. The summed E-state index contributed by atoms with van der Waals surface area (Å²) in [6, 6.07) is 5.49. The third-order valence-electron chi connectivity index (χ3n) is 3.94. The molecule has 0 spiro atoms. The minimum atomic E-state index is -0.634. The van der Waals surface area contributed by atoms with Crippen molar-refractivity contribution in [3.8, 4) is 17.5 Å². The molecule has 0 radical (unpaired) electrons. The average molecular weight is 366 g/mol. The summed E-state index contributed by atoms with van der Waals surface area (Å²) in [5, 5.41) is 0.405. The van der Waals surface area contributed by atoms with E-state index in [0.717, 1.165) is 16.8 Å². The molecule has 0 saturated carbocycles. The van der Waals surface area contributed by atoms with Crippen molar-refractivity contribution in [3.05, 3.63) is 69.8 Å². The molecule has 0 fully saturated rings. The summed E-state index contributed by atoms with van der Waals surface area (Å²) in [5.74, 6) is 5.51. The van der Waals surface area contributed by atoms with E-state index in [1.165, 1.54) is 0 Å². The standard InChI is InChI=1S/C19H16ClN5O/c1-11-4-6-15(10-23-11)25-13(3)16(24-19(25)18(21)26)7-5-14-8-9-22-17(20)12(14)2/h4,6,8-10H,1-3H3,(H2,21,26). The molecule has 6 nitrogen and oxygen atoms in total. The molecule has 0 aliphatic carbocycles. The molecule has 0 bridgehead atoms. The van der Waals surface area contributed by atoms with Gasteiger partial charge in [-0.3, -0.25) is 14.3 Å². The van der Waals surface area contributed by atoms with Crippen molar-refractivity contribution in [1.29, 1.82) is 0 Å². The first kappa shape index (κ1) is 17.6. The Kier molecular flexibility index (Phi) is 4.74. The molecule has 1 amide bonds. The van der Waals surface area contributed by atoms with Gasteiger partial charge in [0, 0.05) is 23.0 Å². The van der Waals surface area contributed by atoms with Crippen LogP contribution in [0.4, 0.5) is 0 Å². The molecule has 2 N–H and O–H groups in total. The highest BCUT2D eigenvalue weighted by atomic mass is 35.5. The number of imidazole rings is 1. The van der Waals surface area contributed by atoms with Crippen LogP contribution >= 0.6 is 11.6 Å². The van der Waals surface area contributed by atoms with Crippen LogP contribution in [0, 0.1) is 32.6 Å². The Bertz CT molecular complexity index is 1060. The van der Waals surface area contributed by atoms with Gasteiger partial charge in [-0.05, 0) is 44.9 Å². The summed E-state index contributed by atoms with van der Waals surface area (Å²) in [7, 11) is 0. The Morgan fingerprint density at radius 1 is 1.15 bits per heavy atom. The molecule has 0 aromatic carbocycles. The molecule has 3 aromatic rings. The van der Waals surface area contributed by atoms with Gasteiger partial charge in [0.1, 0.15) is 10.8 Å². The minimum absolute atomic E-state index is 0.113. The summed E-state index contributed by atoms with van der Waals surface area (Å²) in [4.78, 5) is 24.4. The van der Waals surface area contributed by atoms with E-state index in [9.17, 15) is 4.79 Å². The fraction of sp³-hybridized carbons (Fsp3) is 0.158. The van der Waals surface area contributed by atoms with Gasteiger partial charge in [-0.1, -0.05) is 17.5 Å². The number of primary amides is 1. The van der Waals surface area contributed by atoms with Gasteiger partial charge >= 0.3 is 0 Å². The molecule has 0 unspecified atom stereocenters. The molecule has 0 atom stereocenters. The minimum Gasteiger partial charge on any atom is -0.363 e. The predicted molar refractivity (Wildman–Crippen MR) is 99.3 cm³/mol. The number of hydrogen-bond donors (Lipinski definition) is 1. The normalized spacial score (nSPS) is 10.3. The number of aromatic nitrogens is 4. The number of nitrogens with zero attached hydrogens (tertiary/aromatic N) is 4. The topological polar surface area (TPSA) is 86.7 Å². The van der Waals surface area contributed by atoms with E-state index >= 15 is 0 Å². The first-order valence-electron chi connectivity index (χ1n) is 7.83. The first-order chi connectivity index (χ1) is 12.4. The first-order valence-corrected chi connectivity index (χ1v) is 8.21. The van der Waals surface area contributed by atoms with Crippen LogP contribution < -0.4 is 5.73 Å². The fourth-order valence-corrected chi connectivity index (χ4v) is 2.62. The van der Waals surface area contributed by atoms with Gasteiger partial charge in [0.2, 0.25) is 5.82 Å². The third-order valence-corrected chi connectivity index (χ3v) is 4.32. The van der Waals surface area contributed by atoms with Crippen LogP contribution in [-0.2, 0) is 0 Å². The number of amides is 1. The summed E-state index contributed by atoms with van der Waals surface area (Å²) in [6.45, 7) is 5.56. The maximum atomic E-state index is 11.8. The lowest BCUT2D eigenvalue weighted by Crippen LogP contribution is -2.18. The highest BCUT2D eigenvalue weighted by Crippen LogP contribution is 2.18. The molecular weight excluding hydrogens is 350 g/mol. The van der Waals surface area contributed by atoms with E-state index in [-0.39, 0.29) is 5.82 Å². The van der Waals surface area contributed by atoms with Gasteiger partial charge in [-0.2, -0.15) is 0 Å². The molecule has 130 valence electrons. The number of hydrogen-bond acceptors (Lipinski definition) is 4. The second-order valence-corrected chi connectivity index (χ2v) is 6.11. The monoisotopic (exact) mass is 365 g/mol. The van der Waals surface area contributed by atoms with Crippen molar-refractivity contribution >= 4 is 17.5 Å². The largest absolute Gasteiger partial charge is 0.363 e. The summed E-state index contributed by atoms with van der Waals surface area (Å²) in [6.07, 6.45) is 3.26. The second-order valence-electron chi connectivity index (χ2n) is 5.75. The molecule has 7 heteroatoms. The SMILES string of the molecule is Cc1ccc(-n2c(C(N)=O)nc(C#Cc3ccnc(Cl)c3C)c2C)cn1. The van der Waals surface area contributed by atoms with Crippen molar-refractivity contribution in [2.75, 3.05) is 0 Å². The number of aryl methyl sites for hydroxylation is 1. The highest BCUT2D eigenvalue weighted by molar-refractivity contribution is 6.30. The van der Waals surface area contributed by atoms with E-state index in [0.29, 0.717) is 22.2 Å². The molecule has 3 aromatic heterocycles. The summed E-state index contributed by atoms with van der Waals surface area (Å²) >= 11 is 6.02. The van der Waals surface area contributed by atoms with Gasteiger partial charge < -0.3 is 5.73 Å². The Hall–Kier alpha value is -3.17. The number of halogens is 1. The van der Waals surface area contributed by atoms with Gasteiger partial charge in [-0.25, -0.2) is 9.97 Å². The van der Waals surface area contributed by atoms with Gasteiger partial charge in [-0.15, -0.1) is 0 Å². The molecule has 3 rings (SSSR count). The lowest BCUT2D eigenvalue weighted by Gasteiger charge is -2.07. The zero-order valence-electron chi connectivity index (χ0n) is 14.5. The highest BCUT2D eigenvalue weighted by Gasteiger charge is 2.18. The molecule has 0 aliphatic heterocycles. The zero-order valence-corrected chi connectivity index (χ0v) is 15.3. The quantitative estimate of drug-likeness (QED) is 0.558. The Balaban J connectivity index is 2.12. The predicted octanol–water partition coefficient (Wildman–Crippen LogP) is 2.74. The number of rotatable bonds is 2. The van der Waals surface area contributed by atoms with Crippen LogP contribution in [0.15, 0.2) is 30.6 Å². The third kappa shape index (κ3) is 3.30. The van der Waals surface area contributed by atoms with Crippen LogP contribution in [0.1, 0.15) is 38.8 Å². The Morgan fingerprint density at radius 2 is 1.92 bits per heavy atom.